The summed E-state index contributed by atoms with van der Waals surface area (Å²) >= 11 is 2.77. The fourth-order valence-electron chi connectivity index (χ4n) is 1.82. The SMILES string of the molecule is O=C1C=C(Br)C(=O)N1C(c1ccccc1)C(F)(F)F. The molecule has 1 aliphatic rings. The minimum Gasteiger partial charge on any atom is -0.269 e. The molecule has 1 aromatic rings. The summed E-state index contributed by atoms with van der Waals surface area (Å²) in [5, 5.41) is 0. The van der Waals surface area contributed by atoms with Crippen LogP contribution < -0.4 is 0 Å². The molecule has 19 heavy (non-hydrogen) atoms. The molecule has 7 heteroatoms. The lowest BCUT2D eigenvalue weighted by Crippen LogP contribution is -2.42. The Balaban J connectivity index is 2.47. The Morgan fingerprint density at radius 1 is 1.11 bits per heavy atom. The Bertz CT molecular complexity index is 554. The van der Waals surface area contributed by atoms with Gasteiger partial charge in [-0.15, -0.1) is 0 Å². The molecule has 1 unspecified atom stereocenters. The van der Waals surface area contributed by atoms with Crippen LogP contribution in [0, 0.1) is 0 Å². The minimum atomic E-state index is -4.74. The van der Waals surface area contributed by atoms with E-state index in [0.29, 0.717) is 0 Å². The summed E-state index contributed by atoms with van der Waals surface area (Å²) in [5.41, 5.74) is -0.160. The van der Waals surface area contributed by atoms with Gasteiger partial charge in [-0.25, -0.2) is 0 Å². The molecule has 0 bridgehead atoms. The maximum Gasteiger partial charge on any atom is 0.413 e. The highest BCUT2D eigenvalue weighted by Gasteiger charge is 2.50. The smallest absolute Gasteiger partial charge is 0.269 e. The van der Waals surface area contributed by atoms with Gasteiger partial charge in [0.05, 0.1) is 4.48 Å². The largest absolute Gasteiger partial charge is 0.413 e. The molecule has 100 valence electrons. The van der Waals surface area contributed by atoms with Crippen molar-refractivity contribution in [3.8, 4) is 0 Å². The molecule has 0 aromatic heterocycles. The second kappa shape index (κ2) is 4.80. The molecule has 2 amide bonds. The van der Waals surface area contributed by atoms with Gasteiger partial charge in [-0.1, -0.05) is 30.3 Å². The summed E-state index contributed by atoms with van der Waals surface area (Å²) in [6, 6.07) is 4.57. The lowest BCUT2D eigenvalue weighted by Gasteiger charge is -2.28. The summed E-state index contributed by atoms with van der Waals surface area (Å²) in [6.07, 6.45) is -3.90. The summed E-state index contributed by atoms with van der Waals surface area (Å²) in [6.45, 7) is 0. The van der Waals surface area contributed by atoms with Crippen LogP contribution in [0.15, 0.2) is 40.9 Å². The van der Waals surface area contributed by atoms with Crippen LogP contribution in [0.4, 0.5) is 13.2 Å². The van der Waals surface area contributed by atoms with Crippen molar-refractivity contribution in [3.63, 3.8) is 0 Å². The predicted octanol–water partition coefficient (Wildman–Crippen LogP) is 2.94. The first-order valence-corrected chi connectivity index (χ1v) is 5.98. The number of hydrogen-bond donors (Lipinski definition) is 0. The van der Waals surface area contributed by atoms with Crippen molar-refractivity contribution >= 4 is 27.7 Å². The number of rotatable bonds is 2. The average Bonchev–Trinajstić information content (AvgIpc) is 2.56. The van der Waals surface area contributed by atoms with E-state index in [1.165, 1.54) is 24.3 Å². The number of hydrogen-bond acceptors (Lipinski definition) is 2. The number of nitrogens with zero attached hydrogens (tertiary/aromatic N) is 1. The van der Waals surface area contributed by atoms with Gasteiger partial charge in [0, 0.05) is 6.08 Å². The van der Waals surface area contributed by atoms with Crippen molar-refractivity contribution in [2.24, 2.45) is 0 Å². The third kappa shape index (κ3) is 2.56. The Kier molecular flexibility index (Phi) is 3.49. The van der Waals surface area contributed by atoms with Gasteiger partial charge >= 0.3 is 6.18 Å². The predicted molar refractivity (Wildman–Crippen MR) is 64.1 cm³/mol. The minimum absolute atomic E-state index is 0.160. The highest BCUT2D eigenvalue weighted by atomic mass is 79.9. The number of carbonyl (C=O) groups excluding carboxylic acids is 2. The van der Waals surface area contributed by atoms with E-state index in [4.69, 9.17) is 0 Å². The lowest BCUT2D eigenvalue weighted by molar-refractivity contribution is -0.191. The van der Waals surface area contributed by atoms with Crippen LogP contribution in [0.1, 0.15) is 11.6 Å². The first-order valence-electron chi connectivity index (χ1n) is 5.18. The molecule has 0 fully saturated rings. The van der Waals surface area contributed by atoms with Gasteiger partial charge < -0.3 is 0 Å². The second-order valence-corrected chi connectivity index (χ2v) is 4.71. The molecule has 0 radical (unpaired) electrons. The van der Waals surface area contributed by atoms with Gasteiger partial charge in [0.25, 0.3) is 11.8 Å². The number of alkyl halides is 3. The second-order valence-electron chi connectivity index (χ2n) is 3.86. The highest BCUT2D eigenvalue weighted by molar-refractivity contribution is 9.12. The van der Waals surface area contributed by atoms with Crippen LogP contribution in [0.5, 0.6) is 0 Å². The first kappa shape index (κ1) is 13.8. The van der Waals surface area contributed by atoms with Crippen molar-refractivity contribution in [3.05, 3.63) is 46.5 Å². The van der Waals surface area contributed by atoms with E-state index in [1.807, 2.05) is 0 Å². The molecule has 0 saturated heterocycles. The molecule has 0 aliphatic carbocycles. The Labute approximate surface area is 114 Å². The monoisotopic (exact) mass is 333 g/mol. The van der Waals surface area contributed by atoms with Crippen LogP contribution in [0.2, 0.25) is 0 Å². The third-order valence-corrected chi connectivity index (χ3v) is 3.16. The zero-order valence-corrected chi connectivity index (χ0v) is 10.9. The number of imide groups is 1. The maximum atomic E-state index is 13.1. The van der Waals surface area contributed by atoms with E-state index in [-0.39, 0.29) is 14.9 Å². The van der Waals surface area contributed by atoms with E-state index in [2.05, 4.69) is 15.9 Å². The number of amides is 2. The summed E-state index contributed by atoms with van der Waals surface area (Å²) in [4.78, 5) is 23.4. The topological polar surface area (TPSA) is 37.4 Å². The van der Waals surface area contributed by atoms with Gasteiger partial charge in [0.2, 0.25) is 0 Å². The van der Waals surface area contributed by atoms with E-state index < -0.39 is 24.0 Å². The quantitative estimate of drug-likeness (QED) is 0.780. The summed E-state index contributed by atoms with van der Waals surface area (Å²) in [7, 11) is 0. The van der Waals surface area contributed by atoms with E-state index in [0.717, 1.165) is 6.08 Å². The van der Waals surface area contributed by atoms with Gasteiger partial charge in [-0.3, -0.25) is 14.5 Å². The van der Waals surface area contributed by atoms with Crippen molar-refractivity contribution in [2.45, 2.75) is 12.2 Å². The van der Waals surface area contributed by atoms with E-state index in [9.17, 15) is 22.8 Å². The van der Waals surface area contributed by atoms with Crippen LogP contribution >= 0.6 is 15.9 Å². The third-order valence-electron chi connectivity index (χ3n) is 2.59. The molecular weight excluding hydrogens is 327 g/mol. The summed E-state index contributed by atoms with van der Waals surface area (Å²) < 4.78 is 39.3. The standard InChI is InChI=1S/C12H7BrF3NO2/c13-8-6-9(18)17(11(8)19)10(12(14,15)16)7-4-2-1-3-5-7/h1-6,10H. The van der Waals surface area contributed by atoms with Crippen molar-refractivity contribution in [1.82, 2.24) is 4.90 Å². The average molecular weight is 334 g/mol. The van der Waals surface area contributed by atoms with Crippen molar-refractivity contribution < 1.29 is 22.8 Å². The Hall–Kier alpha value is -1.63. The van der Waals surface area contributed by atoms with Crippen LogP contribution in [-0.2, 0) is 9.59 Å². The van der Waals surface area contributed by atoms with Crippen LogP contribution in [0.25, 0.3) is 0 Å². The molecule has 1 aromatic carbocycles. The molecule has 3 nitrogen and oxygen atoms in total. The van der Waals surface area contributed by atoms with E-state index >= 15 is 0 Å². The zero-order chi connectivity index (χ0) is 14.2. The fourth-order valence-corrected chi connectivity index (χ4v) is 2.21. The first-order chi connectivity index (χ1) is 8.82. The number of benzene rings is 1. The van der Waals surface area contributed by atoms with Crippen LogP contribution in [-0.4, -0.2) is 22.9 Å². The lowest BCUT2D eigenvalue weighted by atomic mass is 10.1. The fraction of sp³-hybridized carbons (Fsp3) is 0.167. The van der Waals surface area contributed by atoms with E-state index in [1.54, 1.807) is 6.07 Å². The van der Waals surface area contributed by atoms with Crippen LogP contribution in [0.3, 0.4) is 0 Å². The zero-order valence-electron chi connectivity index (χ0n) is 9.32. The highest BCUT2D eigenvalue weighted by Crippen LogP contribution is 2.40. The molecular formula is C12H7BrF3NO2. The number of halogens is 4. The van der Waals surface area contributed by atoms with Gasteiger partial charge in [-0.2, -0.15) is 13.2 Å². The summed E-state index contributed by atoms with van der Waals surface area (Å²) in [5.74, 6) is -1.97. The van der Waals surface area contributed by atoms with Crippen molar-refractivity contribution in [2.75, 3.05) is 0 Å². The maximum absolute atomic E-state index is 13.1. The molecule has 0 spiro atoms. The normalized spacial score (nSPS) is 17.7. The molecule has 1 aliphatic heterocycles. The van der Waals surface area contributed by atoms with Gasteiger partial charge in [0.1, 0.15) is 0 Å². The molecule has 0 N–H and O–H groups in total. The molecule has 1 heterocycles. The molecule has 2 rings (SSSR count). The molecule has 1 atom stereocenters. The van der Waals surface area contributed by atoms with Gasteiger partial charge in [-0.05, 0) is 21.5 Å². The Morgan fingerprint density at radius 2 is 1.68 bits per heavy atom. The Morgan fingerprint density at radius 3 is 2.11 bits per heavy atom. The van der Waals surface area contributed by atoms with Crippen molar-refractivity contribution in [1.29, 1.82) is 0 Å². The number of carbonyl (C=O) groups is 2. The molecule has 0 saturated carbocycles. The van der Waals surface area contributed by atoms with Gasteiger partial charge in [0.15, 0.2) is 6.04 Å².